The third-order valence-corrected chi connectivity index (χ3v) is 3.95. The molecule has 3 nitrogen and oxygen atoms in total. The molecule has 0 saturated carbocycles. The van der Waals surface area contributed by atoms with Gasteiger partial charge in [-0.25, -0.2) is 0 Å². The number of rotatable bonds is 3. The number of benzene rings is 1. The van der Waals surface area contributed by atoms with Gasteiger partial charge < -0.3 is 14.7 Å². The van der Waals surface area contributed by atoms with Crippen LogP contribution in [0.3, 0.4) is 0 Å². The molecule has 0 bridgehead atoms. The Morgan fingerprint density at radius 2 is 1.82 bits per heavy atom. The summed E-state index contributed by atoms with van der Waals surface area (Å²) in [7, 11) is 3.81. The second-order valence-corrected chi connectivity index (χ2v) is 4.97. The average Bonchev–Trinajstić information content (AvgIpc) is 2.40. The number of methoxy groups -OCH3 is 1. The highest BCUT2D eigenvalue weighted by molar-refractivity contribution is 5.33. The standard InChI is InChI=1S/C14H21NO2/c1-15-9-7-14(11-16,8-10-15)12-3-5-13(17-2)6-4-12/h3-6,16H,7-11H2,1-2H3. The fourth-order valence-corrected chi connectivity index (χ4v) is 2.53. The van der Waals surface area contributed by atoms with E-state index >= 15 is 0 Å². The largest absolute Gasteiger partial charge is 0.497 e. The van der Waals surface area contributed by atoms with Crippen LogP contribution in [0.1, 0.15) is 18.4 Å². The fourth-order valence-electron chi connectivity index (χ4n) is 2.53. The molecule has 2 rings (SSSR count). The summed E-state index contributed by atoms with van der Waals surface area (Å²) >= 11 is 0. The van der Waals surface area contributed by atoms with Crippen molar-refractivity contribution in [1.29, 1.82) is 0 Å². The summed E-state index contributed by atoms with van der Waals surface area (Å²) in [6.45, 7) is 2.33. The molecule has 1 fully saturated rings. The minimum Gasteiger partial charge on any atom is -0.497 e. The van der Waals surface area contributed by atoms with Gasteiger partial charge >= 0.3 is 0 Å². The van der Waals surface area contributed by atoms with E-state index in [0.29, 0.717) is 0 Å². The van der Waals surface area contributed by atoms with Crippen molar-refractivity contribution in [3.63, 3.8) is 0 Å². The molecule has 94 valence electrons. The maximum absolute atomic E-state index is 9.76. The quantitative estimate of drug-likeness (QED) is 0.864. The van der Waals surface area contributed by atoms with Crippen molar-refractivity contribution in [3.05, 3.63) is 29.8 Å². The van der Waals surface area contributed by atoms with E-state index < -0.39 is 0 Å². The van der Waals surface area contributed by atoms with Crippen molar-refractivity contribution in [2.75, 3.05) is 33.9 Å². The van der Waals surface area contributed by atoms with Crippen LogP contribution in [0.2, 0.25) is 0 Å². The Morgan fingerprint density at radius 3 is 2.29 bits per heavy atom. The molecule has 1 N–H and O–H groups in total. The number of ether oxygens (including phenoxy) is 1. The zero-order valence-corrected chi connectivity index (χ0v) is 10.6. The average molecular weight is 235 g/mol. The molecule has 17 heavy (non-hydrogen) atoms. The molecule has 0 atom stereocenters. The van der Waals surface area contributed by atoms with Gasteiger partial charge in [0.25, 0.3) is 0 Å². The third kappa shape index (κ3) is 2.45. The topological polar surface area (TPSA) is 32.7 Å². The third-order valence-electron chi connectivity index (χ3n) is 3.95. The van der Waals surface area contributed by atoms with E-state index in [2.05, 4.69) is 24.1 Å². The maximum Gasteiger partial charge on any atom is 0.118 e. The Kier molecular flexibility index (Phi) is 3.69. The molecule has 0 aromatic heterocycles. The van der Waals surface area contributed by atoms with E-state index in [1.54, 1.807) is 7.11 Å². The highest BCUT2D eigenvalue weighted by Crippen LogP contribution is 2.35. The second kappa shape index (κ2) is 5.07. The van der Waals surface area contributed by atoms with Crippen LogP contribution in [0.4, 0.5) is 0 Å². The highest BCUT2D eigenvalue weighted by atomic mass is 16.5. The Labute approximate surface area is 103 Å². The van der Waals surface area contributed by atoms with Gasteiger partial charge in [-0.15, -0.1) is 0 Å². The van der Waals surface area contributed by atoms with E-state index in [9.17, 15) is 5.11 Å². The van der Waals surface area contributed by atoms with E-state index in [0.717, 1.165) is 31.7 Å². The van der Waals surface area contributed by atoms with Crippen LogP contribution >= 0.6 is 0 Å². The summed E-state index contributed by atoms with van der Waals surface area (Å²) < 4.78 is 5.17. The summed E-state index contributed by atoms with van der Waals surface area (Å²) in [4.78, 5) is 2.32. The monoisotopic (exact) mass is 235 g/mol. The van der Waals surface area contributed by atoms with E-state index in [-0.39, 0.29) is 12.0 Å². The minimum atomic E-state index is -0.0568. The van der Waals surface area contributed by atoms with Gasteiger partial charge in [0.2, 0.25) is 0 Å². The maximum atomic E-state index is 9.76. The predicted molar refractivity (Wildman–Crippen MR) is 68.5 cm³/mol. The first-order chi connectivity index (χ1) is 8.20. The molecule has 0 spiro atoms. The summed E-state index contributed by atoms with van der Waals surface area (Å²) in [6, 6.07) is 8.12. The van der Waals surface area contributed by atoms with Crippen LogP contribution in [0.15, 0.2) is 24.3 Å². The zero-order chi connectivity index (χ0) is 12.3. The van der Waals surface area contributed by atoms with Crippen LogP contribution in [-0.4, -0.2) is 43.9 Å². The number of hydrogen-bond acceptors (Lipinski definition) is 3. The molecule has 1 aromatic carbocycles. The van der Waals surface area contributed by atoms with Gasteiger partial charge in [-0.1, -0.05) is 12.1 Å². The smallest absolute Gasteiger partial charge is 0.118 e. The van der Waals surface area contributed by atoms with Crippen LogP contribution in [-0.2, 0) is 5.41 Å². The van der Waals surface area contributed by atoms with E-state index in [1.165, 1.54) is 5.56 Å². The minimum absolute atomic E-state index is 0.0568. The summed E-state index contributed by atoms with van der Waals surface area (Å²) in [5.41, 5.74) is 1.17. The van der Waals surface area contributed by atoms with E-state index in [1.807, 2.05) is 12.1 Å². The first kappa shape index (κ1) is 12.4. The number of hydrogen-bond donors (Lipinski definition) is 1. The molecule has 1 aromatic rings. The van der Waals surface area contributed by atoms with Crippen molar-refractivity contribution in [3.8, 4) is 5.75 Å². The fraction of sp³-hybridized carbons (Fsp3) is 0.571. The van der Waals surface area contributed by atoms with Gasteiger partial charge in [-0.2, -0.15) is 0 Å². The lowest BCUT2D eigenvalue weighted by Crippen LogP contribution is -2.43. The molecule has 1 aliphatic rings. The number of nitrogens with zero attached hydrogens (tertiary/aromatic N) is 1. The zero-order valence-electron chi connectivity index (χ0n) is 10.6. The second-order valence-electron chi connectivity index (χ2n) is 4.97. The predicted octanol–water partition coefficient (Wildman–Crippen LogP) is 1.65. The lowest BCUT2D eigenvalue weighted by atomic mass is 9.73. The van der Waals surface area contributed by atoms with Gasteiger partial charge in [0.05, 0.1) is 13.7 Å². The first-order valence-corrected chi connectivity index (χ1v) is 6.14. The van der Waals surface area contributed by atoms with Crippen molar-refractivity contribution < 1.29 is 9.84 Å². The Hall–Kier alpha value is -1.06. The molecular formula is C14H21NO2. The van der Waals surface area contributed by atoms with Gasteiger partial charge in [-0.3, -0.25) is 0 Å². The molecule has 0 unspecified atom stereocenters. The van der Waals surface area contributed by atoms with Crippen LogP contribution in [0.25, 0.3) is 0 Å². The summed E-state index contributed by atoms with van der Waals surface area (Å²) in [6.07, 6.45) is 2.04. The van der Waals surface area contributed by atoms with Crippen LogP contribution < -0.4 is 4.74 Å². The van der Waals surface area contributed by atoms with Crippen LogP contribution in [0, 0.1) is 0 Å². The lowest BCUT2D eigenvalue weighted by molar-refractivity contribution is 0.114. The Bertz CT molecular complexity index is 353. The number of likely N-dealkylation sites (tertiary alicyclic amines) is 1. The molecule has 3 heteroatoms. The molecule has 1 saturated heterocycles. The molecular weight excluding hydrogens is 214 g/mol. The van der Waals surface area contributed by atoms with Gasteiger partial charge in [0.1, 0.15) is 5.75 Å². The van der Waals surface area contributed by atoms with Crippen molar-refractivity contribution in [2.45, 2.75) is 18.3 Å². The number of piperidine rings is 1. The van der Waals surface area contributed by atoms with Crippen LogP contribution in [0.5, 0.6) is 5.75 Å². The Balaban J connectivity index is 2.21. The summed E-state index contributed by atoms with van der Waals surface area (Å²) in [5.74, 6) is 0.870. The van der Waals surface area contributed by atoms with Crippen molar-refractivity contribution in [2.24, 2.45) is 0 Å². The Morgan fingerprint density at radius 1 is 1.24 bits per heavy atom. The first-order valence-electron chi connectivity index (χ1n) is 6.14. The number of aliphatic hydroxyl groups excluding tert-OH is 1. The van der Waals surface area contributed by atoms with Crippen molar-refractivity contribution in [1.82, 2.24) is 4.90 Å². The lowest BCUT2D eigenvalue weighted by Gasteiger charge is -2.39. The van der Waals surface area contributed by atoms with E-state index in [4.69, 9.17) is 4.74 Å². The normalized spacial score (nSPS) is 20.2. The summed E-state index contributed by atoms with van der Waals surface area (Å²) in [5, 5.41) is 9.76. The molecule has 0 aliphatic carbocycles. The van der Waals surface area contributed by atoms with Gasteiger partial charge in [0, 0.05) is 5.41 Å². The van der Waals surface area contributed by atoms with Crippen molar-refractivity contribution >= 4 is 0 Å². The highest BCUT2D eigenvalue weighted by Gasteiger charge is 2.34. The van der Waals surface area contributed by atoms with Gasteiger partial charge in [0.15, 0.2) is 0 Å². The van der Waals surface area contributed by atoms with Gasteiger partial charge in [-0.05, 0) is 50.7 Å². The molecule has 0 radical (unpaired) electrons. The molecule has 1 aliphatic heterocycles. The molecule has 1 heterocycles. The molecule has 0 amide bonds. The SMILES string of the molecule is COc1ccc(C2(CO)CCN(C)CC2)cc1. The number of aliphatic hydroxyl groups is 1.